The van der Waals surface area contributed by atoms with Crippen LogP contribution in [0.15, 0.2) is 64.0 Å². The lowest BCUT2D eigenvalue weighted by atomic mass is 10.2. The maximum atomic E-state index is 13.2. The Morgan fingerprint density at radius 1 is 1.09 bits per heavy atom. The molecule has 32 heavy (non-hydrogen) atoms. The standard InChI is InChI=1S/C20H17BrFN5O4S/c1-30-16-7-4-14(21)12-17(16)32(28,29)23-10-11-31-19-9-8-18-24-25-20(27(18)26-19)13-2-5-15(22)6-3-13/h2-9,12,23H,10-11H2,1H3. The average molecular weight is 522 g/mol. The highest BCUT2D eigenvalue weighted by atomic mass is 79.9. The summed E-state index contributed by atoms with van der Waals surface area (Å²) in [7, 11) is -2.41. The van der Waals surface area contributed by atoms with Crippen LogP contribution in [0.3, 0.4) is 0 Å². The van der Waals surface area contributed by atoms with Crippen molar-refractivity contribution in [3.63, 3.8) is 0 Å². The second-order valence-corrected chi connectivity index (χ2v) is 9.16. The van der Waals surface area contributed by atoms with Gasteiger partial charge < -0.3 is 9.47 Å². The van der Waals surface area contributed by atoms with E-state index >= 15 is 0 Å². The van der Waals surface area contributed by atoms with Crippen LogP contribution in [0, 0.1) is 5.82 Å². The van der Waals surface area contributed by atoms with E-state index in [9.17, 15) is 12.8 Å². The van der Waals surface area contributed by atoms with Gasteiger partial charge in [-0.15, -0.1) is 15.3 Å². The fraction of sp³-hybridized carbons (Fsp3) is 0.150. The summed E-state index contributed by atoms with van der Waals surface area (Å²) in [4.78, 5) is 0.0161. The van der Waals surface area contributed by atoms with E-state index in [4.69, 9.17) is 9.47 Å². The van der Waals surface area contributed by atoms with E-state index < -0.39 is 10.0 Å². The maximum absolute atomic E-state index is 13.2. The Labute approximate surface area is 191 Å². The van der Waals surface area contributed by atoms with Crippen LogP contribution in [0.4, 0.5) is 4.39 Å². The van der Waals surface area contributed by atoms with Crippen LogP contribution in [-0.4, -0.2) is 48.5 Å². The number of halogens is 2. The largest absolute Gasteiger partial charge is 0.495 e. The first-order valence-electron chi connectivity index (χ1n) is 9.32. The predicted molar refractivity (Wildman–Crippen MR) is 118 cm³/mol. The topological polar surface area (TPSA) is 108 Å². The third kappa shape index (κ3) is 4.71. The molecule has 2 aromatic heterocycles. The van der Waals surface area contributed by atoms with Gasteiger partial charge in [0.2, 0.25) is 15.9 Å². The number of methoxy groups -OCH3 is 1. The molecule has 0 aliphatic heterocycles. The van der Waals surface area contributed by atoms with E-state index in [0.29, 0.717) is 21.5 Å². The van der Waals surface area contributed by atoms with E-state index in [1.165, 1.54) is 29.8 Å². The van der Waals surface area contributed by atoms with Gasteiger partial charge in [0.15, 0.2) is 11.5 Å². The number of nitrogens with one attached hydrogen (secondary N) is 1. The SMILES string of the molecule is COc1ccc(Br)cc1S(=O)(=O)NCCOc1ccc2nnc(-c3ccc(F)cc3)n2n1. The smallest absolute Gasteiger partial charge is 0.244 e. The van der Waals surface area contributed by atoms with Crippen molar-refractivity contribution in [3.05, 3.63) is 64.9 Å². The van der Waals surface area contributed by atoms with E-state index in [-0.39, 0.29) is 35.5 Å². The molecule has 4 rings (SSSR count). The molecular formula is C20H17BrFN5O4S. The molecule has 0 amide bonds. The van der Waals surface area contributed by atoms with Crippen molar-refractivity contribution in [1.82, 2.24) is 24.5 Å². The molecule has 0 unspecified atom stereocenters. The highest BCUT2D eigenvalue weighted by Crippen LogP contribution is 2.27. The molecule has 1 N–H and O–H groups in total. The van der Waals surface area contributed by atoms with Crippen molar-refractivity contribution in [2.45, 2.75) is 4.90 Å². The van der Waals surface area contributed by atoms with Crippen LogP contribution in [0.1, 0.15) is 0 Å². The van der Waals surface area contributed by atoms with Gasteiger partial charge in [-0.05, 0) is 48.5 Å². The van der Waals surface area contributed by atoms with Gasteiger partial charge in [0.05, 0.1) is 7.11 Å². The summed E-state index contributed by atoms with van der Waals surface area (Å²) in [6.45, 7) is 0.0345. The normalized spacial score (nSPS) is 11.6. The molecule has 0 radical (unpaired) electrons. The first-order chi connectivity index (χ1) is 15.4. The van der Waals surface area contributed by atoms with Crippen molar-refractivity contribution >= 4 is 31.6 Å². The van der Waals surface area contributed by atoms with Gasteiger partial charge in [-0.25, -0.2) is 17.5 Å². The summed E-state index contributed by atoms with van der Waals surface area (Å²) in [5.41, 5.74) is 1.12. The summed E-state index contributed by atoms with van der Waals surface area (Å²) < 4.78 is 53.7. The molecule has 0 fully saturated rings. The first-order valence-corrected chi connectivity index (χ1v) is 11.6. The molecule has 2 aromatic carbocycles. The Bertz CT molecular complexity index is 1360. The second kappa shape index (κ2) is 9.18. The number of rotatable bonds is 8. The quantitative estimate of drug-likeness (QED) is 0.355. The average Bonchev–Trinajstić information content (AvgIpc) is 3.20. The van der Waals surface area contributed by atoms with Crippen LogP contribution < -0.4 is 14.2 Å². The number of ether oxygens (including phenoxy) is 2. The molecule has 166 valence electrons. The molecule has 0 saturated carbocycles. The molecule has 4 aromatic rings. The number of hydrogen-bond donors (Lipinski definition) is 1. The van der Waals surface area contributed by atoms with Crippen molar-refractivity contribution in [2.24, 2.45) is 0 Å². The van der Waals surface area contributed by atoms with Crippen LogP contribution in [0.2, 0.25) is 0 Å². The fourth-order valence-electron chi connectivity index (χ4n) is 2.90. The molecule has 0 aliphatic carbocycles. The predicted octanol–water partition coefficient (Wildman–Crippen LogP) is 3.06. The Morgan fingerprint density at radius 2 is 1.88 bits per heavy atom. The van der Waals surface area contributed by atoms with Crippen molar-refractivity contribution in [2.75, 3.05) is 20.3 Å². The van der Waals surface area contributed by atoms with E-state index in [1.54, 1.807) is 36.4 Å². The summed E-state index contributed by atoms with van der Waals surface area (Å²) in [6.07, 6.45) is 0. The fourth-order valence-corrected chi connectivity index (χ4v) is 4.62. The maximum Gasteiger partial charge on any atom is 0.244 e. The number of hydrogen-bond acceptors (Lipinski definition) is 7. The lowest BCUT2D eigenvalue weighted by Crippen LogP contribution is -2.28. The van der Waals surface area contributed by atoms with Crippen molar-refractivity contribution < 1.29 is 22.3 Å². The van der Waals surface area contributed by atoms with Crippen LogP contribution in [-0.2, 0) is 10.0 Å². The van der Waals surface area contributed by atoms with Crippen LogP contribution in [0.5, 0.6) is 11.6 Å². The number of nitrogens with zero attached hydrogens (tertiary/aromatic N) is 4. The van der Waals surface area contributed by atoms with Gasteiger partial charge in [-0.2, -0.15) is 4.52 Å². The van der Waals surface area contributed by atoms with Gasteiger partial charge in [0.25, 0.3) is 0 Å². The highest BCUT2D eigenvalue weighted by Gasteiger charge is 2.19. The second-order valence-electron chi connectivity index (χ2n) is 6.51. The molecule has 0 bridgehead atoms. The third-order valence-corrected chi connectivity index (χ3v) is 6.38. The molecule has 12 heteroatoms. The molecule has 0 atom stereocenters. The molecule has 2 heterocycles. The minimum Gasteiger partial charge on any atom is -0.495 e. The Hall–Kier alpha value is -3.09. The minimum atomic E-state index is -3.81. The number of benzene rings is 2. The Kier molecular flexibility index (Phi) is 6.35. The van der Waals surface area contributed by atoms with Crippen LogP contribution >= 0.6 is 15.9 Å². The lowest BCUT2D eigenvalue weighted by molar-refractivity contribution is 0.305. The van der Waals surface area contributed by atoms with Crippen molar-refractivity contribution in [1.29, 1.82) is 0 Å². The number of sulfonamides is 1. The summed E-state index contributed by atoms with van der Waals surface area (Å²) >= 11 is 3.26. The minimum absolute atomic E-state index is 0.00468. The van der Waals surface area contributed by atoms with Crippen LogP contribution in [0.25, 0.3) is 17.0 Å². The van der Waals surface area contributed by atoms with E-state index in [2.05, 4.69) is 35.9 Å². The van der Waals surface area contributed by atoms with Crippen molar-refractivity contribution in [3.8, 4) is 23.0 Å². The summed E-state index contributed by atoms with van der Waals surface area (Å²) in [5.74, 6) is 0.546. The zero-order valence-corrected chi connectivity index (χ0v) is 19.1. The molecular weight excluding hydrogens is 505 g/mol. The van der Waals surface area contributed by atoms with E-state index in [0.717, 1.165) is 0 Å². The van der Waals surface area contributed by atoms with E-state index in [1.807, 2.05) is 0 Å². The zero-order chi connectivity index (χ0) is 22.7. The number of fused-ring (bicyclic) bond motifs is 1. The third-order valence-electron chi connectivity index (χ3n) is 4.40. The first kappa shape index (κ1) is 22.1. The monoisotopic (exact) mass is 521 g/mol. The van der Waals surface area contributed by atoms with Gasteiger partial charge >= 0.3 is 0 Å². The Morgan fingerprint density at radius 3 is 2.62 bits per heavy atom. The van der Waals surface area contributed by atoms with Gasteiger partial charge in [-0.1, -0.05) is 15.9 Å². The molecule has 0 aliphatic rings. The summed E-state index contributed by atoms with van der Waals surface area (Å²) in [5, 5.41) is 12.5. The summed E-state index contributed by atoms with van der Waals surface area (Å²) in [6, 6.07) is 13.8. The van der Waals surface area contributed by atoms with Gasteiger partial charge in [-0.3, -0.25) is 0 Å². The van der Waals surface area contributed by atoms with Gasteiger partial charge in [0, 0.05) is 22.6 Å². The van der Waals surface area contributed by atoms with Gasteiger partial charge in [0.1, 0.15) is 23.1 Å². The lowest BCUT2D eigenvalue weighted by Gasteiger charge is -2.11. The Balaban J connectivity index is 1.44. The molecule has 0 saturated heterocycles. The highest BCUT2D eigenvalue weighted by molar-refractivity contribution is 9.10. The number of aromatic nitrogens is 4. The zero-order valence-electron chi connectivity index (χ0n) is 16.7. The molecule has 9 nitrogen and oxygen atoms in total. The molecule has 0 spiro atoms.